The van der Waals surface area contributed by atoms with E-state index in [1.807, 2.05) is 0 Å². The first kappa shape index (κ1) is 19.9. The van der Waals surface area contributed by atoms with E-state index in [0.717, 1.165) is 6.07 Å². The Morgan fingerprint density at radius 1 is 1.25 bits per heavy atom. The Morgan fingerprint density at radius 3 is 2.33 bits per heavy atom. The SMILES string of the molecule is CCCOC(=O)C(NC(=O)c1ccc(C(F)(F)F)c(F)c1)C(C)C. The summed E-state index contributed by atoms with van der Waals surface area (Å²) in [6, 6.07) is 0.863. The van der Waals surface area contributed by atoms with Gasteiger partial charge in [-0.3, -0.25) is 4.79 Å². The average molecular weight is 349 g/mol. The van der Waals surface area contributed by atoms with Crippen LogP contribution >= 0.6 is 0 Å². The van der Waals surface area contributed by atoms with Crippen molar-refractivity contribution < 1.29 is 31.9 Å². The summed E-state index contributed by atoms with van der Waals surface area (Å²) < 4.78 is 56.1. The van der Waals surface area contributed by atoms with Gasteiger partial charge in [0.25, 0.3) is 5.91 Å². The van der Waals surface area contributed by atoms with Crippen molar-refractivity contribution in [3.8, 4) is 0 Å². The van der Waals surface area contributed by atoms with E-state index in [-0.39, 0.29) is 18.1 Å². The molecule has 1 amide bonds. The number of halogens is 4. The van der Waals surface area contributed by atoms with Crippen LogP contribution in [0.2, 0.25) is 0 Å². The Bertz CT molecular complexity index is 599. The lowest BCUT2D eigenvalue weighted by molar-refractivity contribution is -0.147. The molecule has 0 bridgehead atoms. The molecule has 0 fully saturated rings. The Hall–Kier alpha value is -2.12. The largest absolute Gasteiger partial charge is 0.464 e. The number of carbonyl (C=O) groups is 2. The van der Waals surface area contributed by atoms with Crippen LogP contribution in [0, 0.1) is 11.7 Å². The first-order valence-corrected chi connectivity index (χ1v) is 7.42. The third kappa shape index (κ3) is 5.21. The van der Waals surface area contributed by atoms with E-state index in [1.54, 1.807) is 20.8 Å². The normalized spacial score (nSPS) is 12.8. The summed E-state index contributed by atoms with van der Waals surface area (Å²) in [5, 5.41) is 2.37. The molecule has 134 valence electrons. The van der Waals surface area contributed by atoms with Crippen molar-refractivity contribution in [3.63, 3.8) is 0 Å². The Labute approximate surface area is 137 Å². The van der Waals surface area contributed by atoms with Gasteiger partial charge in [-0.05, 0) is 30.5 Å². The lowest BCUT2D eigenvalue weighted by Crippen LogP contribution is -2.45. The molecule has 0 spiro atoms. The van der Waals surface area contributed by atoms with Crippen LogP contribution in [0.1, 0.15) is 43.1 Å². The molecule has 1 aromatic carbocycles. The van der Waals surface area contributed by atoms with Gasteiger partial charge >= 0.3 is 12.1 Å². The molecule has 0 aromatic heterocycles. The van der Waals surface area contributed by atoms with E-state index in [4.69, 9.17) is 4.74 Å². The van der Waals surface area contributed by atoms with Gasteiger partial charge in [-0.15, -0.1) is 0 Å². The summed E-state index contributed by atoms with van der Waals surface area (Å²) in [6.07, 6.45) is -4.24. The van der Waals surface area contributed by atoms with Crippen molar-refractivity contribution in [1.29, 1.82) is 0 Å². The highest BCUT2D eigenvalue weighted by Crippen LogP contribution is 2.31. The molecule has 1 atom stereocenters. The fraction of sp³-hybridized carbons (Fsp3) is 0.500. The van der Waals surface area contributed by atoms with Gasteiger partial charge in [0.15, 0.2) is 0 Å². The minimum absolute atomic E-state index is 0.187. The number of nitrogens with one attached hydrogen (secondary N) is 1. The molecule has 0 aliphatic carbocycles. The molecule has 0 aliphatic rings. The fourth-order valence-electron chi connectivity index (χ4n) is 1.90. The maximum absolute atomic E-state index is 13.5. The molecule has 0 radical (unpaired) electrons. The summed E-state index contributed by atoms with van der Waals surface area (Å²) in [6.45, 7) is 5.34. The maximum Gasteiger partial charge on any atom is 0.419 e. The molecular weight excluding hydrogens is 330 g/mol. The second-order valence-electron chi connectivity index (χ2n) is 5.56. The van der Waals surface area contributed by atoms with Crippen LogP contribution in [0.3, 0.4) is 0 Å². The summed E-state index contributed by atoms with van der Waals surface area (Å²) >= 11 is 0. The predicted octanol–water partition coefficient (Wildman–Crippen LogP) is 3.55. The number of carbonyl (C=O) groups excluding carboxylic acids is 2. The Morgan fingerprint density at radius 2 is 1.88 bits per heavy atom. The Balaban J connectivity index is 2.92. The van der Waals surface area contributed by atoms with Crippen LogP contribution in [0.4, 0.5) is 17.6 Å². The van der Waals surface area contributed by atoms with E-state index in [2.05, 4.69) is 5.32 Å². The van der Waals surface area contributed by atoms with Gasteiger partial charge in [0.1, 0.15) is 11.9 Å². The quantitative estimate of drug-likeness (QED) is 0.631. The number of hydrogen-bond acceptors (Lipinski definition) is 3. The third-order valence-electron chi connectivity index (χ3n) is 3.19. The maximum atomic E-state index is 13.5. The van der Waals surface area contributed by atoms with Gasteiger partial charge in [0.2, 0.25) is 0 Å². The Kier molecular flexibility index (Phi) is 6.74. The number of hydrogen-bond donors (Lipinski definition) is 1. The highest BCUT2D eigenvalue weighted by atomic mass is 19.4. The second-order valence-corrected chi connectivity index (χ2v) is 5.56. The van der Waals surface area contributed by atoms with Crippen molar-refractivity contribution in [2.45, 2.75) is 39.4 Å². The van der Waals surface area contributed by atoms with E-state index in [0.29, 0.717) is 18.6 Å². The first-order valence-electron chi connectivity index (χ1n) is 7.42. The second kappa shape index (κ2) is 8.12. The molecular formula is C16H19F4NO3. The minimum Gasteiger partial charge on any atom is -0.464 e. The zero-order valence-corrected chi connectivity index (χ0v) is 13.5. The monoisotopic (exact) mass is 349 g/mol. The molecule has 24 heavy (non-hydrogen) atoms. The van der Waals surface area contributed by atoms with Crippen LogP contribution in [-0.2, 0) is 15.7 Å². The molecule has 0 saturated carbocycles. The number of benzene rings is 1. The average Bonchev–Trinajstić information content (AvgIpc) is 2.48. The molecule has 1 aromatic rings. The van der Waals surface area contributed by atoms with Gasteiger partial charge in [-0.1, -0.05) is 20.8 Å². The molecule has 1 N–H and O–H groups in total. The van der Waals surface area contributed by atoms with Crippen LogP contribution in [0.15, 0.2) is 18.2 Å². The van der Waals surface area contributed by atoms with Gasteiger partial charge in [-0.2, -0.15) is 13.2 Å². The highest BCUT2D eigenvalue weighted by Gasteiger charge is 2.34. The zero-order valence-electron chi connectivity index (χ0n) is 13.5. The van der Waals surface area contributed by atoms with Gasteiger partial charge in [0.05, 0.1) is 12.2 Å². The number of ether oxygens (including phenoxy) is 1. The molecule has 8 heteroatoms. The molecule has 0 saturated heterocycles. The van der Waals surface area contributed by atoms with Crippen molar-refractivity contribution in [1.82, 2.24) is 5.32 Å². The summed E-state index contributed by atoms with van der Waals surface area (Å²) in [7, 11) is 0. The summed E-state index contributed by atoms with van der Waals surface area (Å²) in [5.41, 5.74) is -1.77. The van der Waals surface area contributed by atoms with E-state index >= 15 is 0 Å². The van der Waals surface area contributed by atoms with Crippen LogP contribution in [0.5, 0.6) is 0 Å². The molecule has 0 heterocycles. The highest BCUT2D eigenvalue weighted by molar-refractivity contribution is 5.96. The van der Waals surface area contributed by atoms with Crippen LogP contribution < -0.4 is 5.32 Å². The van der Waals surface area contributed by atoms with Crippen molar-refractivity contribution in [2.24, 2.45) is 5.92 Å². The van der Waals surface area contributed by atoms with Crippen LogP contribution in [0.25, 0.3) is 0 Å². The van der Waals surface area contributed by atoms with Crippen molar-refractivity contribution in [2.75, 3.05) is 6.61 Å². The van der Waals surface area contributed by atoms with E-state index < -0.39 is 35.5 Å². The lowest BCUT2D eigenvalue weighted by atomic mass is 10.0. The molecule has 1 unspecified atom stereocenters. The first-order chi connectivity index (χ1) is 11.1. The zero-order chi connectivity index (χ0) is 18.5. The van der Waals surface area contributed by atoms with E-state index in [1.165, 1.54) is 0 Å². The van der Waals surface area contributed by atoms with Crippen LogP contribution in [-0.4, -0.2) is 24.5 Å². The molecule has 0 aliphatic heterocycles. The number of rotatable bonds is 6. The number of amides is 1. The van der Waals surface area contributed by atoms with Gasteiger partial charge in [-0.25, -0.2) is 9.18 Å². The number of alkyl halides is 3. The fourth-order valence-corrected chi connectivity index (χ4v) is 1.90. The predicted molar refractivity (Wildman–Crippen MR) is 78.7 cm³/mol. The summed E-state index contributed by atoms with van der Waals surface area (Å²) in [4.78, 5) is 24.0. The number of esters is 1. The summed E-state index contributed by atoms with van der Waals surface area (Å²) in [5.74, 6) is -3.36. The third-order valence-corrected chi connectivity index (χ3v) is 3.19. The lowest BCUT2D eigenvalue weighted by Gasteiger charge is -2.21. The van der Waals surface area contributed by atoms with Crippen molar-refractivity contribution >= 4 is 11.9 Å². The van der Waals surface area contributed by atoms with Gasteiger partial charge < -0.3 is 10.1 Å². The minimum atomic E-state index is -4.84. The van der Waals surface area contributed by atoms with E-state index in [9.17, 15) is 27.2 Å². The molecule has 4 nitrogen and oxygen atoms in total. The smallest absolute Gasteiger partial charge is 0.419 e. The van der Waals surface area contributed by atoms with Gasteiger partial charge in [0, 0.05) is 5.56 Å². The topological polar surface area (TPSA) is 55.4 Å². The molecule has 1 rings (SSSR count). The standard InChI is InChI=1S/C16H19F4NO3/c1-4-7-24-15(23)13(9(2)3)21-14(22)10-5-6-11(12(17)8-10)16(18,19)20/h5-6,8-9,13H,4,7H2,1-3H3,(H,21,22). The van der Waals surface area contributed by atoms with Crippen molar-refractivity contribution in [3.05, 3.63) is 35.1 Å².